The Morgan fingerprint density at radius 2 is 0.538 bits per heavy atom. The molecule has 104 heavy (non-hydrogen) atoms. The van der Waals surface area contributed by atoms with Crippen LogP contribution in [-0.2, 0) is 10.8 Å². The summed E-state index contributed by atoms with van der Waals surface area (Å²) in [5, 5.41) is 19.4. The van der Waals surface area contributed by atoms with Crippen LogP contribution in [0.25, 0.3) is 209 Å². The second-order valence-electron chi connectivity index (χ2n) is 30.0. The predicted octanol–water partition coefficient (Wildman–Crippen LogP) is 28.7. The summed E-state index contributed by atoms with van der Waals surface area (Å²) < 4.78 is 12.8. The number of furan rings is 2. The van der Waals surface area contributed by atoms with Crippen LogP contribution in [0.4, 0.5) is 0 Å². The molecule has 0 radical (unpaired) electrons. The van der Waals surface area contributed by atoms with Crippen molar-refractivity contribution in [2.75, 3.05) is 0 Å². The average molecular weight is 1320 g/mol. The van der Waals surface area contributed by atoms with Crippen molar-refractivity contribution >= 4 is 109 Å². The smallest absolute Gasteiger partial charge is 0.136 e. The summed E-state index contributed by atoms with van der Waals surface area (Å²) in [6.45, 7) is 9.56. The highest BCUT2D eigenvalue weighted by Crippen LogP contribution is 2.56. The largest absolute Gasteiger partial charge is 0.456 e. The van der Waals surface area contributed by atoms with Gasteiger partial charge in [-0.3, -0.25) is 0 Å². The first kappa shape index (κ1) is 58.9. The normalized spacial score (nSPS) is 13.5. The molecular weight excluding hydrogens is 1260 g/mol. The molecule has 2 aromatic heterocycles. The van der Waals surface area contributed by atoms with Crippen LogP contribution in [-0.4, -0.2) is 0 Å². The molecule has 0 amide bonds. The molecule has 2 aliphatic carbocycles. The first-order chi connectivity index (χ1) is 51.1. The minimum absolute atomic E-state index is 0.199. The quantitative estimate of drug-likeness (QED) is 0.149. The lowest BCUT2D eigenvalue weighted by atomic mass is 9.81. The highest BCUT2D eigenvalue weighted by atomic mass is 16.3. The van der Waals surface area contributed by atoms with E-state index in [1.54, 1.807) is 0 Å². The van der Waals surface area contributed by atoms with Gasteiger partial charge in [0.05, 0.1) is 0 Å². The van der Waals surface area contributed by atoms with Crippen molar-refractivity contribution in [2.45, 2.75) is 38.5 Å². The number of rotatable bonds is 7. The lowest BCUT2D eigenvalue weighted by Gasteiger charge is -2.22. The highest BCUT2D eigenvalue weighted by Gasteiger charge is 2.39. The van der Waals surface area contributed by atoms with Crippen LogP contribution in [0, 0.1) is 0 Å². The SMILES string of the molecule is CC1(C)c2cc(-c3ccc(-c4c5ccccc5c(-c5ccccc5)c5ccc(-c6ccc7c(-c8ccccc8)c8ccccc8c(-c8ccc(-c9ccc%10c(c9)C(C)(C)c9ccc%11c(ccc%12oc%13ccccc%13c%12%11)c9-%10)cc8)c7c6)cc45)cc3)ccc2-c2c1ccc1cc3oc4ccccc4c3cc21. The molecule has 0 N–H and O–H groups in total. The second-order valence-corrected chi connectivity index (χ2v) is 30.0. The summed E-state index contributed by atoms with van der Waals surface area (Å²) in [5.74, 6) is 0. The Balaban J connectivity index is 0.672. The molecule has 18 aromatic carbocycles. The molecular formula is C102H66O2. The molecule has 22 rings (SSSR count). The van der Waals surface area contributed by atoms with E-state index in [9.17, 15) is 0 Å². The molecule has 2 nitrogen and oxygen atoms in total. The minimum Gasteiger partial charge on any atom is -0.456 e. The summed E-state index contributed by atoms with van der Waals surface area (Å²) in [6, 6.07) is 123. The van der Waals surface area contributed by atoms with Crippen molar-refractivity contribution in [1.29, 1.82) is 0 Å². The molecule has 486 valence electrons. The molecule has 0 saturated heterocycles. The first-order valence-corrected chi connectivity index (χ1v) is 36.4. The number of para-hydroxylation sites is 2. The van der Waals surface area contributed by atoms with Crippen LogP contribution >= 0.6 is 0 Å². The van der Waals surface area contributed by atoms with Crippen LogP contribution in [0.1, 0.15) is 49.9 Å². The van der Waals surface area contributed by atoms with Gasteiger partial charge < -0.3 is 8.83 Å². The maximum atomic E-state index is 6.38. The number of fused-ring (bicyclic) bond motifs is 21. The maximum absolute atomic E-state index is 6.38. The highest BCUT2D eigenvalue weighted by molar-refractivity contribution is 6.26. The summed E-state index contributed by atoms with van der Waals surface area (Å²) in [6.07, 6.45) is 0. The molecule has 2 aliphatic rings. The number of benzene rings is 18. The molecule has 0 atom stereocenters. The van der Waals surface area contributed by atoms with Gasteiger partial charge >= 0.3 is 0 Å². The van der Waals surface area contributed by atoms with Gasteiger partial charge in [0, 0.05) is 32.4 Å². The zero-order chi connectivity index (χ0) is 68.8. The number of hydrogen-bond donors (Lipinski definition) is 0. The summed E-state index contributed by atoms with van der Waals surface area (Å²) >= 11 is 0. The Hall–Kier alpha value is -12.9. The zero-order valence-corrected chi connectivity index (χ0v) is 58.0. The van der Waals surface area contributed by atoms with E-state index in [1.807, 2.05) is 0 Å². The van der Waals surface area contributed by atoms with Gasteiger partial charge in [0.2, 0.25) is 0 Å². The second kappa shape index (κ2) is 21.8. The molecule has 20 aromatic rings. The topological polar surface area (TPSA) is 26.3 Å². The van der Waals surface area contributed by atoms with Gasteiger partial charge in [-0.15, -0.1) is 0 Å². The van der Waals surface area contributed by atoms with E-state index in [1.165, 1.54) is 181 Å². The molecule has 0 unspecified atom stereocenters. The van der Waals surface area contributed by atoms with E-state index >= 15 is 0 Å². The Morgan fingerprint density at radius 3 is 1.07 bits per heavy atom. The standard InChI is InChI=1S/C102H66O2/c1-101(2)86-50-43-69-57-93-83(70-23-15-17-29-90(70)104-93)58-82(69)99(86)80-47-42-68(56-89(80)101)60-33-37-64(38-34-60)97-74-27-14-12-25-72(74)95(62-21-9-6-10-22-62)78-45-40-66(54-85(78)97)65-39-44-77-84(53-65)96(73-26-13-11-24-71(73)94(77)61-19-7-5-8-20-61)63-35-31-59(32-36-63)67-41-46-79-88(55-67)102(3,4)87-51-48-76-75(98(79)87)49-52-92-100(76)81-28-16-18-30-91(81)103-92/h5-58H,1-4H3. The van der Waals surface area contributed by atoms with E-state index in [-0.39, 0.29) is 10.8 Å². The van der Waals surface area contributed by atoms with Crippen LogP contribution in [0.3, 0.4) is 0 Å². The van der Waals surface area contributed by atoms with Gasteiger partial charge in [0.1, 0.15) is 22.3 Å². The summed E-state index contributed by atoms with van der Waals surface area (Å²) in [7, 11) is 0. The Labute approximate surface area is 602 Å². The van der Waals surface area contributed by atoms with Gasteiger partial charge in [0.25, 0.3) is 0 Å². The molecule has 2 heteroatoms. The zero-order valence-electron chi connectivity index (χ0n) is 58.0. The van der Waals surface area contributed by atoms with E-state index in [2.05, 4.69) is 355 Å². The summed E-state index contributed by atoms with van der Waals surface area (Å²) in [5.41, 5.74) is 30.9. The molecule has 0 bridgehead atoms. The Kier molecular flexibility index (Phi) is 12.4. The van der Waals surface area contributed by atoms with Crippen LogP contribution in [0.15, 0.2) is 336 Å². The van der Waals surface area contributed by atoms with E-state index in [4.69, 9.17) is 8.83 Å². The van der Waals surface area contributed by atoms with Crippen molar-refractivity contribution < 1.29 is 8.83 Å². The van der Waals surface area contributed by atoms with Crippen molar-refractivity contribution in [1.82, 2.24) is 0 Å². The molecule has 0 saturated carbocycles. The fourth-order valence-corrected chi connectivity index (χ4v) is 18.8. The van der Waals surface area contributed by atoms with E-state index in [0.717, 1.165) is 49.6 Å². The van der Waals surface area contributed by atoms with Crippen LogP contribution < -0.4 is 0 Å². The third-order valence-electron chi connectivity index (χ3n) is 23.8. The van der Waals surface area contributed by atoms with E-state index in [0.29, 0.717) is 0 Å². The lowest BCUT2D eigenvalue weighted by Crippen LogP contribution is -2.15. The monoisotopic (exact) mass is 1320 g/mol. The fraction of sp³-hybridized carbons (Fsp3) is 0.0588. The van der Waals surface area contributed by atoms with Crippen molar-refractivity contribution in [3.8, 4) is 100 Å². The van der Waals surface area contributed by atoms with E-state index < -0.39 is 0 Å². The molecule has 2 heterocycles. The molecule has 0 fully saturated rings. The van der Waals surface area contributed by atoms with Gasteiger partial charge in [-0.2, -0.15) is 0 Å². The lowest BCUT2D eigenvalue weighted by molar-refractivity contribution is 0.661. The summed E-state index contributed by atoms with van der Waals surface area (Å²) in [4.78, 5) is 0. The maximum Gasteiger partial charge on any atom is 0.136 e. The third kappa shape index (κ3) is 8.45. The van der Waals surface area contributed by atoms with Crippen LogP contribution in [0.5, 0.6) is 0 Å². The van der Waals surface area contributed by atoms with Crippen LogP contribution in [0.2, 0.25) is 0 Å². The fourth-order valence-electron chi connectivity index (χ4n) is 18.8. The molecule has 0 aliphatic heterocycles. The van der Waals surface area contributed by atoms with Crippen molar-refractivity contribution in [3.05, 3.63) is 350 Å². The minimum atomic E-state index is -0.199. The van der Waals surface area contributed by atoms with Gasteiger partial charge in [0.15, 0.2) is 0 Å². The van der Waals surface area contributed by atoms with Gasteiger partial charge in [-0.1, -0.05) is 295 Å². The Morgan fingerprint density at radius 1 is 0.183 bits per heavy atom. The first-order valence-electron chi connectivity index (χ1n) is 36.4. The van der Waals surface area contributed by atoms with Crippen molar-refractivity contribution in [2.24, 2.45) is 0 Å². The third-order valence-corrected chi connectivity index (χ3v) is 23.8. The Bertz CT molecular complexity index is 6810. The number of hydrogen-bond acceptors (Lipinski definition) is 2. The van der Waals surface area contributed by atoms with Crippen molar-refractivity contribution in [3.63, 3.8) is 0 Å². The van der Waals surface area contributed by atoms with Gasteiger partial charge in [-0.25, -0.2) is 0 Å². The predicted molar refractivity (Wildman–Crippen MR) is 439 cm³/mol. The molecule has 0 spiro atoms. The average Bonchev–Trinajstić information content (AvgIpc) is 1.47. The van der Waals surface area contributed by atoms with Gasteiger partial charge in [-0.05, 0) is 248 Å².